The summed E-state index contributed by atoms with van der Waals surface area (Å²) in [5, 5.41) is 4.39. The highest BCUT2D eigenvalue weighted by Crippen LogP contribution is 2.33. The molecule has 1 aromatic heterocycles. The van der Waals surface area contributed by atoms with E-state index in [-0.39, 0.29) is 17.9 Å². The molecule has 2 heterocycles. The van der Waals surface area contributed by atoms with Crippen molar-refractivity contribution in [2.45, 2.75) is 83.8 Å². The third-order valence-electron chi connectivity index (χ3n) is 6.95. The van der Waals surface area contributed by atoms with Crippen LogP contribution in [0.25, 0.3) is 10.9 Å². The number of nitrogens with zero attached hydrogens (tertiary/aromatic N) is 2. The quantitative estimate of drug-likeness (QED) is 0.725. The zero-order chi connectivity index (χ0) is 21.3. The first kappa shape index (κ1) is 21.0. The monoisotopic (exact) mass is 409 g/mol. The fraction of sp³-hybridized carbons (Fsp3) is 0.600. The number of nitrogens with one attached hydrogen (secondary N) is 1. The molecule has 4 rings (SSSR count). The molecule has 2 amide bonds. The molecule has 2 aromatic rings. The van der Waals surface area contributed by atoms with Crippen molar-refractivity contribution in [3.05, 3.63) is 36.0 Å². The SMILES string of the molecule is CC(C)CCN1C(=O)c2cc3ccccc3n2C[C@@]1(C)C(=O)NC1CCCCCC1. The molecule has 1 N–H and O–H groups in total. The molecule has 1 aliphatic heterocycles. The minimum Gasteiger partial charge on any atom is -0.351 e. The van der Waals surface area contributed by atoms with E-state index in [9.17, 15) is 9.59 Å². The van der Waals surface area contributed by atoms with Gasteiger partial charge in [-0.25, -0.2) is 0 Å². The minimum atomic E-state index is -0.882. The normalized spacial score (nSPS) is 22.9. The number of aromatic nitrogens is 1. The summed E-state index contributed by atoms with van der Waals surface area (Å²) in [7, 11) is 0. The lowest BCUT2D eigenvalue weighted by Gasteiger charge is -2.45. The van der Waals surface area contributed by atoms with Gasteiger partial charge in [0.25, 0.3) is 5.91 Å². The van der Waals surface area contributed by atoms with Crippen LogP contribution in [0.2, 0.25) is 0 Å². The van der Waals surface area contributed by atoms with Crippen molar-refractivity contribution in [1.29, 1.82) is 0 Å². The first-order valence-electron chi connectivity index (χ1n) is 11.6. The molecular weight excluding hydrogens is 374 g/mol. The third-order valence-corrected chi connectivity index (χ3v) is 6.95. The predicted octanol–water partition coefficient (Wildman–Crippen LogP) is 4.74. The van der Waals surface area contributed by atoms with Gasteiger partial charge in [-0.3, -0.25) is 9.59 Å². The van der Waals surface area contributed by atoms with E-state index >= 15 is 0 Å². The fourth-order valence-electron chi connectivity index (χ4n) is 5.01. The molecule has 2 aliphatic rings. The second kappa shape index (κ2) is 8.44. The molecule has 5 nitrogen and oxygen atoms in total. The van der Waals surface area contributed by atoms with Gasteiger partial charge in [-0.05, 0) is 44.2 Å². The lowest BCUT2D eigenvalue weighted by molar-refractivity contribution is -0.133. The molecule has 162 valence electrons. The minimum absolute atomic E-state index is 0.00469. The van der Waals surface area contributed by atoms with Gasteiger partial charge in [0.2, 0.25) is 5.91 Å². The molecule has 1 fully saturated rings. The Labute approximate surface area is 179 Å². The molecule has 1 atom stereocenters. The Balaban J connectivity index is 1.68. The summed E-state index contributed by atoms with van der Waals surface area (Å²) in [4.78, 5) is 29.1. The van der Waals surface area contributed by atoms with Crippen molar-refractivity contribution in [2.75, 3.05) is 6.54 Å². The summed E-state index contributed by atoms with van der Waals surface area (Å²) in [5.74, 6) is 0.436. The predicted molar refractivity (Wildman–Crippen MR) is 120 cm³/mol. The molecule has 30 heavy (non-hydrogen) atoms. The fourth-order valence-corrected chi connectivity index (χ4v) is 5.01. The number of hydrogen-bond donors (Lipinski definition) is 1. The Bertz CT molecular complexity index is 924. The van der Waals surface area contributed by atoms with Crippen molar-refractivity contribution in [2.24, 2.45) is 5.92 Å². The number of amides is 2. The molecule has 1 saturated carbocycles. The van der Waals surface area contributed by atoms with Gasteiger partial charge in [0, 0.05) is 23.5 Å². The average molecular weight is 410 g/mol. The van der Waals surface area contributed by atoms with Crippen LogP contribution in [0.5, 0.6) is 0 Å². The maximum atomic E-state index is 13.7. The smallest absolute Gasteiger partial charge is 0.271 e. The van der Waals surface area contributed by atoms with E-state index in [4.69, 9.17) is 0 Å². The van der Waals surface area contributed by atoms with Crippen molar-refractivity contribution in [1.82, 2.24) is 14.8 Å². The van der Waals surface area contributed by atoms with Crippen LogP contribution < -0.4 is 5.32 Å². The Morgan fingerprint density at radius 3 is 2.57 bits per heavy atom. The van der Waals surface area contributed by atoms with E-state index in [1.807, 2.05) is 42.2 Å². The second-order valence-electron chi connectivity index (χ2n) is 9.75. The summed E-state index contributed by atoms with van der Waals surface area (Å²) in [6, 6.07) is 10.3. The lowest BCUT2D eigenvalue weighted by atomic mass is 9.92. The van der Waals surface area contributed by atoms with Crippen molar-refractivity contribution < 1.29 is 9.59 Å². The maximum absolute atomic E-state index is 13.7. The highest BCUT2D eigenvalue weighted by atomic mass is 16.2. The summed E-state index contributed by atoms with van der Waals surface area (Å²) >= 11 is 0. The number of benzene rings is 1. The Kier molecular flexibility index (Phi) is 5.90. The van der Waals surface area contributed by atoms with Crippen LogP contribution in [0.3, 0.4) is 0 Å². The average Bonchev–Trinajstić information content (AvgIpc) is 2.88. The molecule has 0 bridgehead atoms. The first-order chi connectivity index (χ1) is 14.4. The Morgan fingerprint density at radius 2 is 1.87 bits per heavy atom. The molecule has 5 heteroatoms. The first-order valence-corrected chi connectivity index (χ1v) is 11.6. The zero-order valence-electron chi connectivity index (χ0n) is 18.6. The van der Waals surface area contributed by atoms with Gasteiger partial charge in [-0.2, -0.15) is 0 Å². The van der Waals surface area contributed by atoms with E-state index in [2.05, 4.69) is 23.7 Å². The van der Waals surface area contributed by atoms with Gasteiger partial charge < -0.3 is 14.8 Å². The summed E-state index contributed by atoms with van der Waals surface area (Å²) < 4.78 is 2.05. The van der Waals surface area contributed by atoms with Gasteiger partial charge in [0.1, 0.15) is 11.2 Å². The van der Waals surface area contributed by atoms with Crippen LogP contribution in [0.4, 0.5) is 0 Å². The van der Waals surface area contributed by atoms with Crippen molar-refractivity contribution >= 4 is 22.7 Å². The van der Waals surface area contributed by atoms with Gasteiger partial charge in [-0.15, -0.1) is 0 Å². The highest BCUT2D eigenvalue weighted by molar-refractivity contribution is 6.03. The molecule has 1 aromatic carbocycles. The molecule has 0 spiro atoms. The van der Waals surface area contributed by atoms with Crippen molar-refractivity contribution in [3.63, 3.8) is 0 Å². The summed E-state index contributed by atoms with van der Waals surface area (Å²) in [6.07, 6.45) is 7.81. The van der Waals surface area contributed by atoms with E-state index in [1.165, 1.54) is 25.7 Å². The van der Waals surface area contributed by atoms with Crippen molar-refractivity contribution in [3.8, 4) is 0 Å². The van der Waals surface area contributed by atoms with Gasteiger partial charge >= 0.3 is 0 Å². The zero-order valence-corrected chi connectivity index (χ0v) is 18.6. The lowest BCUT2D eigenvalue weighted by Crippen LogP contribution is -2.65. The second-order valence-corrected chi connectivity index (χ2v) is 9.75. The molecule has 0 unspecified atom stereocenters. The summed E-state index contributed by atoms with van der Waals surface area (Å²) in [5.41, 5.74) is 0.838. The van der Waals surface area contributed by atoms with Crippen LogP contribution in [0.1, 0.15) is 76.2 Å². The van der Waals surface area contributed by atoms with Gasteiger partial charge in [0.05, 0.1) is 6.54 Å². The number of rotatable bonds is 5. The molecule has 0 saturated heterocycles. The van der Waals surface area contributed by atoms with E-state index in [1.54, 1.807) is 0 Å². The number of para-hydroxylation sites is 1. The molecule has 0 radical (unpaired) electrons. The van der Waals surface area contributed by atoms with Crippen LogP contribution in [-0.2, 0) is 11.3 Å². The Morgan fingerprint density at radius 1 is 1.17 bits per heavy atom. The van der Waals surface area contributed by atoms with Crippen LogP contribution in [0.15, 0.2) is 30.3 Å². The Hall–Kier alpha value is -2.30. The van der Waals surface area contributed by atoms with E-state index < -0.39 is 5.54 Å². The maximum Gasteiger partial charge on any atom is 0.271 e. The van der Waals surface area contributed by atoms with E-state index in [0.717, 1.165) is 30.2 Å². The number of carbonyl (C=O) groups is 2. The third kappa shape index (κ3) is 3.86. The highest BCUT2D eigenvalue weighted by Gasteiger charge is 2.47. The number of fused-ring (bicyclic) bond motifs is 3. The van der Waals surface area contributed by atoms with Crippen LogP contribution in [-0.4, -0.2) is 39.4 Å². The van der Waals surface area contributed by atoms with Gasteiger partial charge in [-0.1, -0.05) is 57.7 Å². The summed E-state index contributed by atoms with van der Waals surface area (Å²) in [6.45, 7) is 7.38. The van der Waals surface area contributed by atoms with Crippen LogP contribution >= 0.6 is 0 Å². The topological polar surface area (TPSA) is 54.3 Å². The number of carbonyl (C=O) groups excluding carboxylic acids is 2. The van der Waals surface area contributed by atoms with Crippen LogP contribution in [0, 0.1) is 5.92 Å². The molecular formula is C25H35N3O2. The van der Waals surface area contributed by atoms with Gasteiger partial charge in [0.15, 0.2) is 0 Å². The number of hydrogen-bond acceptors (Lipinski definition) is 2. The van der Waals surface area contributed by atoms with E-state index in [0.29, 0.717) is 24.7 Å². The largest absolute Gasteiger partial charge is 0.351 e. The molecule has 1 aliphatic carbocycles. The standard InChI is InChI=1S/C25H35N3O2/c1-18(2)14-15-28-23(29)22-16-19-10-8-9-13-21(19)27(22)17-25(28,3)24(30)26-20-11-6-4-5-7-12-20/h8-10,13,16,18,20H,4-7,11-12,14-15,17H2,1-3H3,(H,26,30)/t25-/m0/s1.